The second-order valence-electron chi connectivity index (χ2n) is 5.09. The normalized spacial score (nSPS) is 11.2. The minimum atomic E-state index is 0.519. The van der Waals surface area contributed by atoms with Crippen molar-refractivity contribution in [3.8, 4) is 11.4 Å². The van der Waals surface area contributed by atoms with Crippen LogP contribution in [0.3, 0.4) is 0 Å². The Morgan fingerprint density at radius 3 is 2.63 bits per heavy atom. The molecule has 0 unspecified atom stereocenters. The average molecular weight is 259 g/mol. The Morgan fingerprint density at radius 1 is 1.21 bits per heavy atom. The van der Waals surface area contributed by atoms with E-state index in [0.717, 1.165) is 24.9 Å². The van der Waals surface area contributed by atoms with E-state index in [1.54, 1.807) is 0 Å². The largest absolute Gasteiger partial charge is 0.339 e. The van der Waals surface area contributed by atoms with Crippen molar-refractivity contribution in [3.63, 3.8) is 0 Å². The molecule has 0 saturated heterocycles. The smallest absolute Gasteiger partial charge is 0.227 e. The summed E-state index contributed by atoms with van der Waals surface area (Å²) < 4.78 is 5.27. The van der Waals surface area contributed by atoms with Gasteiger partial charge in [-0.3, -0.25) is 0 Å². The van der Waals surface area contributed by atoms with Crippen molar-refractivity contribution < 1.29 is 4.52 Å². The summed E-state index contributed by atoms with van der Waals surface area (Å²) in [5.41, 5.74) is 2.23. The third-order valence-electron chi connectivity index (χ3n) is 2.90. The van der Waals surface area contributed by atoms with E-state index in [2.05, 4.69) is 48.4 Å². The van der Waals surface area contributed by atoms with Crippen molar-refractivity contribution >= 4 is 0 Å². The molecule has 0 aliphatic carbocycles. The fraction of sp³-hybridized carbons (Fsp3) is 0.467. The zero-order chi connectivity index (χ0) is 13.7. The number of aromatic nitrogens is 2. The van der Waals surface area contributed by atoms with Crippen LogP contribution in [0, 0.1) is 6.92 Å². The number of benzene rings is 1. The molecule has 0 amide bonds. The molecule has 19 heavy (non-hydrogen) atoms. The molecule has 1 heterocycles. The van der Waals surface area contributed by atoms with Gasteiger partial charge in [-0.2, -0.15) is 4.98 Å². The van der Waals surface area contributed by atoms with Crippen LogP contribution in [0.5, 0.6) is 0 Å². The van der Waals surface area contributed by atoms with Crippen molar-refractivity contribution in [1.82, 2.24) is 15.5 Å². The maximum atomic E-state index is 5.27. The van der Waals surface area contributed by atoms with Gasteiger partial charge in [0.15, 0.2) is 0 Å². The van der Waals surface area contributed by atoms with Gasteiger partial charge in [-0.05, 0) is 19.9 Å². The summed E-state index contributed by atoms with van der Waals surface area (Å²) in [6.45, 7) is 7.32. The molecule has 0 radical (unpaired) electrons. The molecule has 0 spiro atoms. The standard InChI is InChI=1S/C15H21N3O/c1-11(2)16-10-4-5-14-17-15(18-19-14)13-8-6-12(3)7-9-13/h6-9,11,16H,4-5,10H2,1-3H3. The molecule has 4 nitrogen and oxygen atoms in total. The second kappa shape index (κ2) is 6.48. The summed E-state index contributed by atoms with van der Waals surface area (Å²) >= 11 is 0. The third-order valence-corrected chi connectivity index (χ3v) is 2.90. The minimum Gasteiger partial charge on any atom is -0.339 e. The number of rotatable bonds is 6. The van der Waals surface area contributed by atoms with Crippen molar-refractivity contribution in [2.75, 3.05) is 6.54 Å². The SMILES string of the molecule is Cc1ccc(-c2noc(CCCNC(C)C)n2)cc1. The van der Waals surface area contributed by atoms with Crippen molar-refractivity contribution in [2.45, 2.75) is 39.7 Å². The lowest BCUT2D eigenvalue weighted by Crippen LogP contribution is -2.23. The average Bonchev–Trinajstić information content (AvgIpc) is 2.84. The van der Waals surface area contributed by atoms with Gasteiger partial charge in [-0.1, -0.05) is 48.8 Å². The van der Waals surface area contributed by atoms with E-state index >= 15 is 0 Å². The highest BCUT2D eigenvalue weighted by molar-refractivity contribution is 5.54. The second-order valence-corrected chi connectivity index (χ2v) is 5.09. The van der Waals surface area contributed by atoms with Crippen LogP contribution < -0.4 is 5.32 Å². The zero-order valence-corrected chi connectivity index (χ0v) is 11.8. The molecule has 102 valence electrons. The van der Waals surface area contributed by atoms with E-state index in [9.17, 15) is 0 Å². The summed E-state index contributed by atoms with van der Waals surface area (Å²) in [6.07, 6.45) is 1.83. The van der Waals surface area contributed by atoms with Crippen molar-refractivity contribution in [2.24, 2.45) is 0 Å². The number of aryl methyl sites for hydroxylation is 2. The summed E-state index contributed by atoms with van der Waals surface area (Å²) in [7, 11) is 0. The van der Waals surface area contributed by atoms with Crippen LogP contribution in [0.15, 0.2) is 28.8 Å². The fourth-order valence-electron chi connectivity index (χ4n) is 1.81. The molecule has 0 atom stereocenters. The summed E-state index contributed by atoms with van der Waals surface area (Å²) in [4.78, 5) is 4.42. The number of hydrogen-bond acceptors (Lipinski definition) is 4. The summed E-state index contributed by atoms with van der Waals surface area (Å²) in [5.74, 6) is 1.38. The molecule has 2 rings (SSSR count). The van der Waals surface area contributed by atoms with Gasteiger partial charge < -0.3 is 9.84 Å². The van der Waals surface area contributed by atoms with Gasteiger partial charge in [0.1, 0.15) is 0 Å². The molecule has 4 heteroatoms. The van der Waals surface area contributed by atoms with Crippen molar-refractivity contribution in [3.05, 3.63) is 35.7 Å². The Balaban J connectivity index is 1.90. The molecule has 0 aliphatic heterocycles. The van der Waals surface area contributed by atoms with Crippen LogP contribution in [-0.4, -0.2) is 22.7 Å². The Bertz CT molecular complexity index is 502. The van der Waals surface area contributed by atoms with Crippen LogP contribution in [0.25, 0.3) is 11.4 Å². The monoisotopic (exact) mass is 259 g/mol. The Labute approximate surface area is 114 Å². The van der Waals surface area contributed by atoms with E-state index in [-0.39, 0.29) is 0 Å². The van der Waals surface area contributed by atoms with Crippen LogP contribution in [0.1, 0.15) is 31.7 Å². The quantitative estimate of drug-likeness (QED) is 0.810. The van der Waals surface area contributed by atoms with E-state index in [1.165, 1.54) is 5.56 Å². The Kier molecular flexibility index (Phi) is 4.68. The first kappa shape index (κ1) is 13.7. The molecule has 1 aromatic heterocycles. The van der Waals surface area contributed by atoms with Gasteiger partial charge in [0.05, 0.1) is 0 Å². The van der Waals surface area contributed by atoms with Crippen molar-refractivity contribution in [1.29, 1.82) is 0 Å². The van der Waals surface area contributed by atoms with Crippen LogP contribution in [0.2, 0.25) is 0 Å². The molecule has 0 fully saturated rings. The molecule has 1 N–H and O–H groups in total. The zero-order valence-electron chi connectivity index (χ0n) is 11.8. The van der Waals surface area contributed by atoms with Gasteiger partial charge in [-0.15, -0.1) is 0 Å². The van der Waals surface area contributed by atoms with E-state index in [1.807, 2.05) is 12.1 Å². The third kappa shape index (κ3) is 4.17. The van der Waals surface area contributed by atoms with Gasteiger partial charge in [0, 0.05) is 18.0 Å². The topological polar surface area (TPSA) is 51.0 Å². The highest BCUT2D eigenvalue weighted by Crippen LogP contribution is 2.16. The molecule has 2 aromatic rings. The number of hydrogen-bond donors (Lipinski definition) is 1. The number of nitrogens with one attached hydrogen (secondary N) is 1. The predicted molar refractivity (Wildman–Crippen MR) is 75.9 cm³/mol. The first-order valence-electron chi connectivity index (χ1n) is 6.78. The van der Waals surface area contributed by atoms with E-state index < -0.39 is 0 Å². The molecule has 0 aliphatic rings. The first-order valence-corrected chi connectivity index (χ1v) is 6.78. The fourth-order valence-corrected chi connectivity index (χ4v) is 1.81. The van der Waals surface area contributed by atoms with Gasteiger partial charge in [0.25, 0.3) is 0 Å². The summed E-state index contributed by atoms with van der Waals surface area (Å²) in [5, 5.41) is 7.39. The molecule has 1 aromatic carbocycles. The number of nitrogens with zero attached hydrogens (tertiary/aromatic N) is 2. The lowest BCUT2D eigenvalue weighted by Gasteiger charge is -2.05. The lowest BCUT2D eigenvalue weighted by molar-refractivity contribution is 0.374. The minimum absolute atomic E-state index is 0.519. The summed E-state index contributed by atoms with van der Waals surface area (Å²) in [6, 6.07) is 8.66. The maximum absolute atomic E-state index is 5.27. The van der Waals surface area contributed by atoms with Crippen LogP contribution >= 0.6 is 0 Å². The maximum Gasteiger partial charge on any atom is 0.227 e. The predicted octanol–water partition coefficient (Wildman–Crippen LogP) is 2.98. The molecular formula is C15H21N3O. The molecular weight excluding hydrogens is 238 g/mol. The first-order chi connectivity index (χ1) is 9.15. The Hall–Kier alpha value is -1.68. The lowest BCUT2D eigenvalue weighted by atomic mass is 10.1. The van der Waals surface area contributed by atoms with E-state index in [4.69, 9.17) is 4.52 Å². The highest BCUT2D eigenvalue weighted by atomic mass is 16.5. The van der Waals surface area contributed by atoms with Crippen LogP contribution in [0.4, 0.5) is 0 Å². The van der Waals surface area contributed by atoms with Gasteiger partial charge >= 0.3 is 0 Å². The van der Waals surface area contributed by atoms with Gasteiger partial charge in [-0.25, -0.2) is 0 Å². The van der Waals surface area contributed by atoms with Gasteiger partial charge in [0.2, 0.25) is 11.7 Å². The highest BCUT2D eigenvalue weighted by Gasteiger charge is 2.08. The Morgan fingerprint density at radius 2 is 1.95 bits per heavy atom. The van der Waals surface area contributed by atoms with Crippen LogP contribution in [-0.2, 0) is 6.42 Å². The van der Waals surface area contributed by atoms with E-state index in [0.29, 0.717) is 17.8 Å². The molecule has 0 saturated carbocycles. The molecule has 0 bridgehead atoms.